The highest BCUT2D eigenvalue weighted by molar-refractivity contribution is 5.72. The van der Waals surface area contributed by atoms with Gasteiger partial charge in [0.05, 0.1) is 38.1 Å². The van der Waals surface area contributed by atoms with Crippen LogP contribution in [-0.2, 0) is 30.3 Å². The summed E-state index contributed by atoms with van der Waals surface area (Å²) in [5.41, 5.74) is 6.61. The Hall–Kier alpha value is -3.74. The number of methoxy groups -OCH3 is 1. The molecule has 13 heteroatoms. The standard InChI is InChI=1S/C18H21N7O6/c1-9(26)30-13-5-11(6-14(27)29-2)31-16(13)25-15-12(7-20-17(19)22-15)24(18(25)28)8-10-3-4-21-23-10/h3-4,7,11,13,16H,5-6,8H2,1-2H3,(H,21,23)(H2,19,20,22)/t11-,13+,16+/m0/s1. The number of ether oxygens (including phenoxy) is 3. The number of aromatic nitrogens is 6. The number of carbonyl (C=O) groups is 2. The highest BCUT2D eigenvalue weighted by Crippen LogP contribution is 2.34. The lowest BCUT2D eigenvalue weighted by Crippen LogP contribution is -2.34. The zero-order chi connectivity index (χ0) is 22.1. The minimum absolute atomic E-state index is 0.0342. The number of carbonyl (C=O) groups excluding carboxylic acids is 2. The normalized spacial score (nSPS) is 20.8. The van der Waals surface area contributed by atoms with Crippen LogP contribution in [-0.4, -0.2) is 60.6 Å². The Morgan fingerprint density at radius 3 is 2.90 bits per heavy atom. The molecule has 3 aromatic rings. The third kappa shape index (κ3) is 3.99. The van der Waals surface area contributed by atoms with Crippen LogP contribution >= 0.6 is 0 Å². The van der Waals surface area contributed by atoms with E-state index in [1.165, 1.54) is 29.4 Å². The molecule has 1 aliphatic heterocycles. The Morgan fingerprint density at radius 2 is 2.23 bits per heavy atom. The van der Waals surface area contributed by atoms with E-state index in [0.29, 0.717) is 11.2 Å². The fourth-order valence-electron chi connectivity index (χ4n) is 3.66. The second-order valence-corrected chi connectivity index (χ2v) is 7.07. The molecule has 1 aliphatic rings. The molecule has 0 bridgehead atoms. The summed E-state index contributed by atoms with van der Waals surface area (Å²) in [7, 11) is 1.27. The number of hydrogen-bond donors (Lipinski definition) is 2. The minimum Gasteiger partial charge on any atom is -0.469 e. The number of aromatic amines is 1. The number of hydrogen-bond acceptors (Lipinski definition) is 10. The monoisotopic (exact) mass is 431 g/mol. The molecule has 13 nitrogen and oxygen atoms in total. The Kier molecular flexibility index (Phi) is 5.42. The molecule has 0 amide bonds. The van der Waals surface area contributed by atoms with Crippen LogP contribution in [0.4, 0.5) is 5.95 Å². The number of H-pyrrole nitrogens is 1. The van der Waals surface area contributed by atoms with Gasteiger partial charge in [-0.05, 0) is 6.07 Å². The SMILES string of the molecule is COC(=O)C[C@@H]1C[C@@H](OC(C)=O)[C@H](n2c(=O)n(Cc3ccn[nH]3)c3cnc(N)nc32)O1. The summed E-state index contributed by atoms with van der Waals surface area (Å²) >= 11 is 0. The lowest BCUT2D eigenvalue weighted by Gasteiger charge is -2.19. The van der Waals surface area contributed by atoms with E-state index in [0.717, 1.165) is 0 Å². The van der Waals surface area contributed by atoms with Gasteiger partial charge in [0.25, 0.3) is 0 Å². The maximum absolute atomic E-state index is 13.4. The number of nitrogens with two attached hydrogens (primary N) is 1. The van der Waals surface area contributed by atoms with Gasteiger partial charge in [-0.2, -0.15) is 10.1 Å². The summed E-state index contributed by atoms with van der Waals surface area (Å²) in [5, 5.41) is 6.69. The number of nitrogens with one attached hydrogen (secondary N) is 1. The first kappa shape index (κ1) is 20.5. The third-order valence-corrected chi connectivity index (χ3v) is 4.95. The number of rotatable bonds is 6. The summed E-state index contributed by atoms with van der Waals surface area (Å²) in [5.74, 6) is -1.05. The number of imidazole rings is 1. The zero-order valence-electron chi connectivity index (χ0n) is 16.8. The van der Waals surface area contributed by atoms with Crippen LogP contribution in [0.15, 0.2) is 23.3 Å². The van der Waals surface area contributed by atoms with Crippen molar-refractivity contribution >= 4 is 29.1 Å². The highest BCUT2D eigenvalue weighted by Gasteiger charge is 2.42. The topological polar surface area (TPSA) is 169 Å². The lowest BCUT2D eigenvalue weighted by molar-refractivity contribution is -0.153. The number of nitrogens with zero attached hydrogens (tertiary/aromatic N) is 5. The number of anilines is 1. The van der Waals surface area contributed by atoms with Gasteiger partial charge in [0.2, 0.25) is 5.95 Å². The quantitative estimate of drug-likeness (QED) is 0.495. The molecule has 164 valence electrons. The van der Waals surface area contributed by atoms with Crippen molar-refractivity contribution in [1.29, 1.82) is 0 Å². The molecule has 31 heavy (non-hydrogen) atoms. The lowest BCUT2D eigenvalue weighted by atomic mass is 10.1. The predicted octanol–water partition coefficient (Wildman–Crippen LogP) is -0.271. The first-order chi connectivity index (χ1) is 14.9. The number of nitrogen functional groups attached to an aromatic ring is 1. The smallest absolute Gasteiger partial charge is 0.333 e. The molecular formula is C18H21N7O6. The van der Waals surface area contributed by atoms with Gasteiger partial charge in [-0.15, -0.1) is 0 Å². The summed E-state index contributed by atoms with van der Waals surface area (Å²) in [6.07, 6.45) is 0.732. The molecule has 0 radical (unpaired) electrons. The van der Waals surface area contributed by atoms with E-state index >= 15 is 0 Å². The zero-order valence-corrected chi connectivity index (χ0v) is 16.8. The van der Waals surface area contributed by atoms with Crippen molar-refractivity contribution in [1.82, 2.24) is 29.3 Å². The molecule has 4 rings (SSSR count). The summed E-state index contributed by atoms with van der Waals surface area (Å²) in [6.45, 7) is 1.43. The maximum Gasteiger partial charge on any atom is 0.333 e. The van der Waals surface area contributed by atoms with E-state index in [9.17, 15) is 14.4 Å². The van der Waals surface area contributed by atoms with Crippen molar-refractivity contribution in [3.63, 3.8) is 0 Å². The van der Waals surface area contributed by atoms with E-state index in [2.05, 4.69) is 20.2 Å². The summed E-state index contributed by atoms with van der Waals surface area (Å²) < 4.78 is 18.8. The van der Waals surface area contributed by atoms with Crippen molar-refractivity contribution in [2.45, 2.75) is 44.7 Å². The predicted molar refractivity (Wildman–Crippen MR) is 105 cm³/mol. The van der Waals surface area contributed by atoms with Crippen LogP contribution in [0.1, 0.15) is 31.7 Å². The van der Waals surface area contributed by atoms with Gasteiger partial charge in [-0.1, -0.05) is 0 Å². The van der Waals surface area contributed by atoms with Crippen LogP contribution in [0.5, 0.6) is 0 Å². The highest BCUT2D eigenvalue weighted by atomic mass is 16.6. The van der Waals surface area contributed by atoms with Crippen LogP contribution < -0.4 is 11.4 Å². The first-order valence-electron chi connectivity index (χ1n) is 9.48. The van der Waals surface area contributed by atoms with Crippen LogP contribution in [0.25, 0.3) is 11.2 Å². The van der Waals surface area contributed by atoms with Gasteiger partial charge >= 0.3 is 17.6 Å². The largest absolute Gasteiger partial charge is 0.469 e. The molecule has 3 N–H and O–H groups in total. The molecule has 3 aromatic heterocycles. The second-order valence-electron chi connectivity index (χ2n) is 7.07. The minimum atomic E-state index is -1.01. The van der Waals surface area contributed by atoms with Gasteiger partial charge in [-0.25, -0.2) is 14.3 Å². The van der Waals surface area contributed by atoms with E-state index in [4.69, 9.17) is 19.9 Å². The number of fused-ring (bicyclic) bond motifs is 1. The van der Waals surface area contributed by atoms with E-state index in [1.54, 1.807) is 12.3 Å². The van der Waals surface area contributed by atoms with Gasteiger partial charge in [-0.3, -0.25) is 19.3 Å². The van der Waals surface area contributed by atoms with E-state index < -0.39 is 36.1 Å². The Balaban J connectivity index is 1.80. The molecule has 0 aliphatic carbocycles. The summed E-state index contributed by atoms with van der Waals surface area (Å²) in [4.78, 5) is 45.0. The molecule has 1 fully saturated rings. The summed E-state index contributed by atoms with van der Waals surface area (Å²) in [6, 6.07) is 1.73. The molecule has 0 aromatic carbocycles. The molecule has 0 saturated carbocycles. The van der Waals surface area contributed by atoms with Crippen molar-refractivity contribution < 1.29 is 23.8 Å². The molecule has 0 unspecified atom stereocenters. The Morgan fingerprint density at radius 1 is 1.42 bits per heavy atom. The maximum atomic E-state index is 13.4. The second kappa shape index (κ2) is 8.18. The van der Waals surface area contributed by atoms with Gasteiger partial charge < -0.3 is 19.9 Å². The fourth-order valence-corrected chi connectivity index (χ4v) is 3.66. The van der Waals surface area contributed by atoms with Crippen molar-refractivity contribution in [3.05, 3.63) is 34.6 Å². The fraction of sp³-hybridized carbons (Fsp3) is 0.444. The van der Waals surface area contributed by atoms with E-state index in [1.807, 2.05) is 0 Å². The van der Waals surface area contributed by atoms with Crippen LogP contribution in [0.2, 0.25) is 0 Å². The van der Waals surface area contributed by atoms with E-state index in [-0.39, 0.29) is 31.0 Å². The molecule has 0 spiro atoms. The van der Waals surface area contributed by atoms with Crippen LogP contribution in [0, 0.1) is 0 Å². The Labute approximate surface area is 175 Å². The first-order valence-corrected chi connectivity index (χ1v) is 9.48. The van der Waals surface area contributed by atoms with Gasteiger partial charge in [0.1, 0.15) is 11.6 Å². The van der Waals surface area contributed by atoms with Crippen molar-refractivity contribution in [2.24, 2.45) is 0 Å². The van der Waals surface area contributed by atoms with Crippen molar-refractivity contribution in [3.8, 4) is 0 Å². The molecule has 4 heterocycles. The third-order valence-electron chi connectivity index (χ3n) is 4.95. The van der Waals surface area contributed by atoms with Gasteiger partial charge in [0, 0.05) is 19.5 Å². The van der Waals surface area contributed by atoms with Gasteiger partial charge in [0.15, 0.2) is 11.9 Å². The molecular weight excluding hydrogens is 410 g/mol. The number of esters is 2. The Bertz CT molecular complexity index is 1170. The average Bonchev–Trinajstić information content (AvgIpc) is 3.42. The van der Waals surface area contributed by atoms with Crippen molar-refractivity contribution in [2.75, 3.05) is 12.8 Å². The average molecular weight is 431 g/mol. The van der Waals surface area contributed by atoms with Crippen LogP contribution in [0.3, 0.4) is 0 Å². The molecule has 1 saturated heterocycles. The molecule has 3 atom stereocenters.